The van der Waals surface area contributed by atoms with Gasteiger partial charge in [-0.2, -0.15) is 0 Å². The van der Waals surface area contributed by atoms with Gasteiger partial charge in [0.25, 0.3) is 0 Å². The lowest BCUT2D eigenvalue weighted by molar-refractivity contribution is 0.0166. The van der Waals surface area contributed by atoms with Crippen molar-refractivity contribution in [2.24, 2.45) is 5.92 Å². The predicted octanol–water partition coefficient (Wildman–Crippen LogP) is 2.41. The van der Waals surface area contributed by atoms with Crippen molar-refractivity contribution in [3.05, 3.63) is 18.4 Å². The van der Waals surface area contributed by atoms with Gasteiger partial charge >= 0.3 is 6.09 Å². The molecule has 1 aromatic heterocycles. The van der Waals surface area contributed by atoms with Crippen LogP contribution in [0.3, 0.4) is 0 Å². The number of likely N-dealkylation sites (tertiary alicyclic amines) is 1. The Kier molecular flexibility index (Phi) is 5.22. The molecule has 2 heterocycles. The van der Waals surface area contributed by atoms with E-state index < -0.39 is 5.60 Å². The zero-order valence-electron chi connectivity index (χ0n) is 13.1. The van der Waals surface area contributed by atoms with Gasteiger partial charge in [0.2, 0.25) is 0 Å². The van der Waals surface area contributed by atoms with Crippen molar-refractivity contribution < 1.29 is 13.9 Å². The summed E-state index contributed by atoms with van der Waals surface area (Å²) in [5.41, 5.74) is 0.463. The topological polar surface area (TPSA) is 67.6 Å². The maximum Gasteiger partial charge on any atom is 0.410 e. The van der Waals surface area contributed by atoms with Gasteiger partial charge in [-0.15, -0.1) is 0 Å². The second kappa shape index (κ2) is 6.93. The van der Waals surface area contributed by atoms with Crippen molar-refractivity contribution >= 4 is 6.09 Å². The molecule has 2 rings (SSSR count). The van der Waals surface area contributed by atoms with Gasteiger partial charge in [0, 0.05) is 26.2 Å². The molecule has 1 N–H and O–H groups in total. The number of nitrogens with one attached hydrogen (secondary N) is 1. The summed E-state index contributed by atoms with van der Waals surface area (Å²) in [7, 11) is 0. The molecule has 1 aliphatic heterocycles. The molecule has 1 fully saturated rings. The molecule has 21 heavy (non-hydrogen) atoms. The quantitative estimate of drug-likeness (QED) is 0.924. The molecular weight excluding hydrogens is 270 g/mol. The zero-order chi connectivity index (χ0) is 15.3. The van der Waals surface area contributed by atoms with Crippen molar-refractivity contribution in [3.63, 3.8) is 0 Å². The lowest BCUT2D eigenvalue weighted by atomic mass is 9.98. The Morgan fingerprint density at radius 1 is 1.57 bits per heavy atom. The van der Waals surface area contributed by atoms with Gasteiger partial charge in [-0.25, -0.2) is 9.78 Å². The van der Waals surface area contributed by atoms with Crippen LogP contribution in [0.4, 0.5) is 4.79 Å². The van der Waals surface area contributed by atoms with E-state index in [1.54, 1.807) is 6.26 Å². The number of carbonyl (C=O) groups excluding carboxylic acids is 1. The molecule has 0 spiro atoms. The van der Waals surface area contributed by atoms with E-state index in [1.165, 1.54) is 6.39 Å². The standard InChI is InChI=1S/C15H25N3O3/c1-15(2,3)21-14(19)18-6-4-5-12(9-18)7-16-8-13-10-20-11-17-13/h10-12,16H,4-9H2,1-3H3/t12-/m1/s1. The normalized spacial score (nSPS) is 19.6. The van der Waals surface area contributed by atoms with E-state index in [0.29, 0.717) is 12.5 Å². The summed E-state index contributed by atoms with van der Waals surface area (Å²) in [6.07, 6.45) is 5.02. The summed E-state index contributed by atoms with van der Waals surface area (Å²) in [4.78, 5) is 18.0. The average molecular weight is 295 g/mol. The van der Waals surface area contributed by atoms with E-state index in [2.05, 4.69) is 10.3 Å². The molecule has 1 aromatic rings. The SMILES string of the molecule is CC(C)(C)OC(=O)N1CCC[C@H](CNCc2cocn2)C1. The molecule has 0 unspecified atom stereocenters. The first kappa shape index (κ1) is 15.8. The Bertz CT molecular complexity index is 440. The highest BCUT2D eigenvalue weighted by Crippen LogP contribution is 2.18. The first-order valence-electron chi connectivity index (χ1n) is 7.50. The van der Waals surface area contributed by atoms with Crippen LogP contribution in [0, 0.1) is 5.92 Å². The lowest BCUT2D eigenvalue weighted by Gasteiger charge is -2.34. The van der Waals surface area contributed by atoms with Gasteiger partial charge in [0.05, 0.1) is 5.69 Å². The molecule has 0 aliphatic carbocycles. The van der Waals surface area contributed by atoms with Gasteiger partial charge in [0.1, 0.15) is 11.9 Å². The number of ether oxygens (including phenoxy) is 1. The predicted molar refractivity (Wildman–Crippen MR) is 78.7 cm³/mol. The molecule has 6 nitrogen and oxygen atoms in total. The van der Waals surface area contributed by atoms with Crippen LogP contribution < -0.4 is 5.32 Å². The summed E-state index contributed by atoms with van der Waals surface area (Å²) < 4.78 is 10.4. The average Bonchev–Trinajstić information content (AvgIpc) is 2.90. The van der Waals surface area contributed by atoms with E-state index in [9.17, 15) is 4.79 Å². The second-order valence-corrected chi connectivity index (χ2v) is 6.55. The van der Waals surface area contributed by atoms with Crippen LogP contribution in [-0.4, -0.2) is 41.2 Å². The Labute approximate surface area is 125 Å². The number of rotatable bonds is 4. The van der Waals surface area contributed by atoms with Crippen molar-refractivity contribution in [3.8, 4) is 0 Å². The summed E-state index contributed by atoms with van der Waals surface area (Å²) in [5.74, 6) is 0.457. The molecule has 118 valence electrons. The number of nitrogens with zero attached hydrogens (tertiary/aromatic N) is 2. The van der Waals surface area contributed by atoms with E-state index in [-0.39, 0.29) is 6.09 Å². The van der Waals surface area contributed by atoms with E-state index in [0.717, 1.165) is 38.2 Å². The minimum atomic E-state index is -0.435. The number of hydrogen-bond acceptors (Lipinski definition) is 5. The minimum Gasteiger partial charge on any atom is -0.451 e. The maximum atomic E-state index is 12.1. The third kappa shape index (κ3) is 5.38. The number of aromatic nitrogens is 1. The summed E-state index contributed by atoms with van der Waals surface area (Å²) in [6.45, 7) is 8.78. The number of amides is 1. The molecule has 1 atom stereocenters. The fourth-order valence-electron chi connectivity index (χ4n) is 2.45. The molecule has 0 bridgehead atoms. The van der Waals surface area contributed by atoms with Crippen LogP contribution in [0.15, 0.2) is 17.1 Å². The van der Waals surface area contributed by atoms with E-state index in [1.807, 2.05) is 25.7 Å². The molecule has 1 saturated heterocycles. The van der Waals surface area contributed by atoms with E-state index >= 15 is 0 Å². The third-order valence-corrected chi connectivity index (χ3v) is 3.39. The Morgan fingerprint density at radius 2 is 2.38 bits per heavy atom. The van der Waals surface area contributed by atoms with Crippen LogP contribution in [0.1, 0.15) is 39.3 Å². The fraction of sp³-hybridized carbons (Fsp3) is 0.733. The van der Waals surface area contributed by atoms with Crippen LogP contribution in [0.25, 0.3) is 0 Å². The van der Waals surface area contributed by atoms with Crippen molar-refractivity contribution in [1.29, 1.82) is 0 Å². The van der Waals surface area contributed by atoms with Gasteiger partial charge in [0.15, 0.2) is 6.39 Å². The van der Waals surface area contributed by atoms with Crippen molar-refractivity contribution in [2.75, 3.05) is 19.6 Å². The summed E-state index contributed by atoms with van der Waals surface area (Å²) in [6, 6.07) is 0. The largest absolute Gasteiger partial charge is 0.451 e. The van der Waals surface area contributed by atoms with Crippen LogP contribution in [-0.2, 0) is 11.3 Å². The number of oxazole rings is 1. The van der Waals surface area contributed by atoms with Crippen LogP contribution in [0.5, 0.6) is 0 Å². The van der Waals surface area contributed by atoms with Crippen LogP contribution >= 0.6 is 0 Å². The number of hydrogen-bond donors (Lipinski definition) is 1. The molecule has 1 aliphatic rings. The molecule has 0 saturated carbocycles. The zero-order valence-corrected chi connectivity index (χ0v) is 13.1. The molecular formula is C15H25N3O3. The number of piperidine rings is 1. The Balaban J connectivity index is 1.74. The molecule has 0 aromatic carbocycles. The Hall–Kier alpha value is -1.56. The molecule has 6 heteroatoms. The van der Waals surface area contributed by atoms with Gasteiger partial charge < -0.3 is 19.4 Å². The summed E-state index contributed by atoms with van der Waals surface area (Å²) in [5, 5.41) is 3.36. The summed E-state index contributed by atoms with van der Waals surface area (Å²) >= 11 is 0. The van der Waals surface area contributed by atoms with E-state index in [4.69, 9.17) is 9.15 Å². The first-order valence-corrected chi connectivity index (χ1v) is 7.50. The highest BCUT2D eigenvalue weighted by molar-refractivity contribution is 5.68. The van der Waals surface area contributed by atoms with Gasteiger partial charge in [-0.3, -0.25) is 0 Å². The minimum absolute atomic E-state index is 0.205. The molecule has 1 amide bonds. The maximum absolute atomic E-state index is 12.1. The van der Waals surface area contributed by atoms with Gasteiger partial charge in [-0.05, 0) is 39.5 Å². The fourth-order valence-corrected chi connectivity index (χ4v) is 2.45. The monoisotopic (exact) mass is 295 g/mol. The van der Waals surface area contributed by atoms with Crippen molar-refractivity contribution in [1.82, 2.24) is 15.2 Å². The lowest BCUT2D eigenvalue weighted by Crippen LogP contribution is -2.45. The van der Waals surface area contributed by atoms with Crippen molar-refractivity contribution in [2.45, 2.75) is 45.8 Å². The van der Waals surface area contributed by atoms with Crippen LogP contribution in [0.2, 0.25) is 0 Å². The van der Waals surface area contributed by atoms with Gasteiger partial charge in [-0.1, -0.05) is 0 Å². The highest BCUT2D eigenvalue weighted by atomic mass is 16.6. The third-order valence-electron chi connectivity index (χ3n) is 3.39. The highest BCUT2D eigenvalue weighted by Gasteiger charge is 2.27. The number of carbonyl (C=O) groups is 1. The Morgan fingerprint density at radius 3 is 3.05 bits per heavy atom. The second-order valence-electron chi connectivity index (χ2n) is 6.55. The first-order chi connectivity index (χ1) is 9.94. The molecule has 0 radical (unpaired) electrons. The smallest absolute Gasteiger partial charge is 0.410 e.